The Kier molecular flexibility index (Phi) is 4.18. The maximum absolute atomic E-state index is 5.06. The Morgan fingerprint density at radius 1 is 1.36 bits per heavy atom. The Labute approximate surface area is 79.9 Å². The summed E-state index contributed by atoms with van der Waals surface area (Å²) in [4.78, 5) is 0. The predicted octanol–water partition coefficient (Wildman–Crippen LogP) is -0.810. The number of methoxy groups -OCH3 is 1. The van der Waals surface area contributed by atoms with Crippen molar-refractivity contribution in [3.63, 3.8) is 0 Å². The second-order valence-electron chi connectivity index (χ2n) is 2.32. The average molecular weight is 142 g/mol. The molecule has 11 heavy (non-hydrogen) atoms. The van der Waals surface area contributed by atoms with Gasteiger partial charge in [0.25, 0.3) is 0 Å². The maximum atomic E-state index is 5.06. The molecule has 54 valence electrons. The van der Waals surface area contributed by atoms with Gasteiger partial charge in [-0.25, -0.2) is 0 Å². The third kappa shape index (κ3) is 2.53. The van der Waals surface area contributed by atoms with E-state index in [1.807, 2.05) is 25.1 Å². The monoisotopic (exact) mass is 142 g/mol. The summed E-state index contributed by atoms with van der Waals surface area (Å²) in [5, 5.41) is 0. The maximum Gasteiger partial charge on any atom is 1.00 e. The summed E-state index contributed by atoms with van der Waals surface area (Å²) in [5.41, 5.74) is 2.14. The van der Waals surface area contributed by atoms with Crippen LogP contribution in [0.1, 0.15) is 11.1 Å². The zero-order valence-corrected chi connectivity index (χ0v) is 7.35. The molecule has 0 spiro atoms. The van der Waals surface area contributed by atoms with Crippen molar-refractivity contribution in [1.29, 1.82) is 0 Å². The van der Waals surface area contributed by atoms with Crippen LogP contribution in [0, 0.1) is 13.8 Å². The van der Waals surface area contributed by atoms with Crippen LogP contribution in [-0.4, -0.2) is 7.11 Å². The van der Waals surface area contributed by atoms with Gasteiger partial charge in [-0.1, -0.05) is 11.6 Å². The Bertz CT molecular complexity index is 233. The van der Waals surface area contributed by atoms with E-state index < -0.39 is 0 Å². The molecule has 0 aliphatic rings. The summed E-state index contributed by atoms with van der Waals surface area (Å²) in [7, 11) is 1.66. The van der Waals surface area contributed by atoms with E-state index in [0.717, 1.165) is 11.3 Å². The van der Waals surface area contributed by atoms with E-state index in [4.69, 9.17) is 4.74 Å². The van der Waals surface area contributed by atoms with Gasteiger partial charge in [-0.05, 0) is 6.92 Å². The van der Waals surface area contributed by atoms with Gasteiger partial charge in [-0.2, -0.15) is 18.6 Å². The molecule has 0 fully saturated rings. The number of ether oxygens (including phenoxy) is 1. The van der Waals surface area contributed by atoms with Gasteiger partial charge in [-0.3, -0.25) is 0 Å². The van der Waals surface area contributed by atoms with Crippen molar-refractivity contribution in [3.8, 4) is 5.75 Å². The van der Waals surface area contributed by atoms with Gasteiger partial charge >= 0.3 is 18.9 Å². The van der Waals surface area contributed by atoms with Crippen LogP contribution in [-0.2, 0) is 0 Å². The summed E-state index contributed by atoms with van der Waals surface area (Å²) >= 11 is 0. The van der Waals surface area contributed by atoms with E-state index in [9.17, 15) is 0 Å². The van der Waals surface area contributed by atoms with Gasteiger partial charge in [-0.15, -0.1) is 6.07 Å². The molecule has 0 amide bonds. The summed E-state index contributed by atoms with van der Waals surface area (Å²) in [5.74, 6) is 0.861. The molecule has 1 rings (SSSR count). The van der Waals surface area contributed by atoms with Crippen LogP contribution in [0.4, 0.5) is 0 Å². The summed E-state index contributed by atoms with van der Waals surface area (Å²) < 4.78 is 5.06. The average Bonchev–Trinajstić information content (AvgIpc) is 1.94. The first-order valence-electron chi connectivity index (χ1n) is 3.20. The number of rotatable bonds is 1. The minimum atomic E-state index is 0. The predicted molar refractivity (Wildman–Crippen MR) is 42.2 cm³/mol. The van der Waals surface area contributed by atoms with Crippen LogP contribution in [0.2, 0.25) is 0 Å². The summed E-state index contributed by atoms with van der Waals surface area (Å²) in [6.45, 7) is 5.84. The normalized spacial score (nSPS) is 8.55. The molecule has 0 unspecified atom stereocenters. The molecule has 0 saturated carbocycles. The number of hydrogen-bond acceptors (Lipinski definition) is 1. The quantitative estimate of drug-likeness (QED) is 0.368. The molecule has 0 N–H and O–H groups in total. The molecule has 0 aliphatic carbocycles. The molecule has 0 saturated heterocycles. The fraction of sp³-hybridized carbons (Fsp3) is 0.222. The summed E-state index contributed by atoms with van der Waals surface area (Å²) in [6.07, 6.45) is 0. The number of benzene rings is 1. The van der Waals surface area contributed by atoms with Crippen molar-refractivity contribution in [2.75, 3.05) is 7.11 Å². The minimum Gasteiger partial charge on any atom is -0.554 e. The minimum absolute atomic E-state index is 0. The van der Waals surface area contributed by atoms with Crippen molar-refractivity contribution < 1.29 is 23.6 Å². The largest absolute Gasteiger partial charge is 1.00 e. The van der Waals surface area contributed by atoms with Crippen LogP contribution >= 0.6 is 0 Å². The van der Waals surface area contributed by atoms with Crippen LogP contribution in [0.5, 0.6) is 5.75 Å². The fourth-order valence-electron chi connectivity index (χ4n) is 0.852. The molecule has 1 nitrogen and oxygen atoms in total. The van der Waals surface area contributed by atoms with Crippen LogP contribution in [0.25, 0.3) is 0 Å². The van der Waals surface area contributed by atoms with E-state index in [0.29, 0.717) is 0 Å². The van der Waals surface area contributed by atoms with Crippen molar-refractivity contribution in [2.24, 2.45) is 0 Å². The molecule has 1 aromatic rings. The number of aryl methyl sites for hydroxylation is 1. The molecular weight excluding hydrogens is 131 g/mol. The first kappa shape index (κ1) is 10.5. The van der Waals surface area contributed by atoms with Gasteiger partial charge in [0.05, 0.1) is 7.11 Å². The third-order valence-corrected chi connectivity index (χ3v) is 1.44. The van der Waals surface area contributed by atoms with Crippen molar-refractivity contribution in [3.05, 3.63) is 36.2 Å². The molecular formula is C9H11LiO. The fourth-order valence-corrected chi connectivity index (χ4v) is 0.852. The first-order chi connectivity index (χ1) is 4.74. The number of hydrogen-bond donors (Lipinski definition) is 0. The third-order valence-electron chi connectivity index (χ3n) is 1.44. The Balaban J connectivity index is 0.000001000. The zero-order valence-electron chi connectivity index (χ0n) is 7.35. The van der Waals surface area contributed by atoms with Crippen molar-refractivity contribution in [2.45, 2.75) is 6.92 Å². The van der Waals surface area contributed by atoms with E-state index in [2.05, 4.69) is 6.92 Å². The van der Waals surface area contributed by atoms with Gasteiger partial charge in [0.1, 0.15) is 0 Å². The van der Waals surface area contributed by atoms with Crippen molar-refractivity contribution >= 4 is 0 Å². The van der Waals surface area contributed by atoms with Gasteiger partial charge < -0.3 is 4.74 Å². The van der Waals surface area contributed by atoms with E-state index in [1.54, 1.807) is 7.11 Å². The van der Waals surface area contributed by atoms with E-state index >= 15 is 0 Å². The molecule has 0 aliphatic heterocycles. The second kappa shape index (κ2) is 4.38. The summed E-state index contributed by atoms with van der Waals surface area (Å²) in [6, 6.07) is 5.95. The molecule has 1 aromatic carbocycles. The van der Waals surface area contributed by atoms with E-state index in [-0.39, 0.29) is 18.9 Å². The Morgan fingerprint density at radius 3 is 2.45 bits per heavy atom. The SMILES string of the molecule is [CH2-]c1ccc(C)cc1OC.[Li+]. The van der Waals surface area contributed by atoms with E-state index in [1.165, 1.54) is 5.56 Å². The molecule has 0 atom stereocenters. The van der Waals surface area contributed by atoms with Crippen LogP contribution in [0.15, 0.2) is 18.2 Å². The smallest absolute Gasteiger partial charge is 0.554 e. The van der Waals surface area contributed by atoms with Crippen LogP contribution in [0.3, 0.4) is 0 Å². The van der Waals surface area contributed by atoms with Crippen molar-refractivity contribution in [1.82, 2.24) is 0 Å². The second-order valence-corrected chi connectivity index (χ2v) is 2.32. The van der Waals surface area contributed by atoms with Gasteiger partial charge in [0.2, 0.25) is 0 Å². The van der Waals surface area contributed by atoms with Gasteiger partial charge in [0.15, 0.2) is 0 Å². The standard InChI is InChI=1S/C9H11O.Li/c1-7-4-5-8(2)9(6-7)10-3;/h4-6H,2H2,1,3H3;/q-1;+1. The molecule has 0 aromatic heterocycles. The Morgan fingerprint density at radius 2 is 2.00 bits per heavy atom. The first-order valence-corrected chi connectivity index (χ1v) is 3.20. The molecule has 0 bridgehead atoms. The van der Waals surface area contributed by atoms with Crippen LogP contribution < -0.4 is 23.6 Å². The topological polar surface area (TPSA) is 9.23 Å². The van der Waals surface area contributed by atoms with Gasteiger partial charge in [0, 0.05) is 5.75 Å². The Hall–Kier alpha value is -0.513. The molecule has 0 radical (unpaired) electrons. The molecule has 2 heteroatoms. The molecule has 0 heterocycles. The zero-order chi connectivity index (χ0) is 7.56.